The second kappa shape index (κ2) is 4.43. The summed E-state index contributed by atoms with van der Waals surface area (Å²) in [6.07, 6.45) is 3.45. The predicted octanol–water partition coefficient (Wildman–Crippen LogP) is 1.48. The van der Waals surface area contributed by atoms with E-state index >= 15 is 0 Å². The second-order valence-corrected chi connectivity index (χ2v) is 5.90. The molecule has 0 spiro atoms. The van der Waals surface area contributed by atoms with Crippen molar-refractivity contribution in [3.8, 4) is 0 Å². The zero-order chi connectivity index (χ0) is 11.6. The van der Waals surface area contributed by atoms with Gasteiger partial charge in [-0.2, -0.15) is 0 Å². The summed E-state index contributed by atoms with van der Waals surface area (Å²) < 4.78 is 24.7. The zero-order valence-electron chi connectivity index (χ0n) is 9.23. The van der Waals surface area contributed by atoms with E-state index in [1.807, 2.05) is 18.2 Å². The van der Waals surface area contributed by atoms with E-state index in [1.165, 1.54) is 6.42 Å². The van der Waals surface area contributed by atoms with Crippen LogP contribution in [0.5, 0.6) is 0 Å². The van der Waals surface area contributed by atoms with Crippen molar-refractivity contribution in [2.75, 3.05) is 17.5 Å². The summed E-state index contributed by atoms with van der Waals surface area (Å²) in [7, 11) is -3.19. The summed E-state index contributed by atoms with van der Waals surface area (Å²) in [4.78, 5) is 0. The first-order valence-corrected chi connectivity index (χ1v) is 7.25. The van der Waals surface area contributed by atoms with Crippen LogP contribution in [-0.4, -0.2) is 21.2 Å². The lowest BCUT2D eigenvalue weighted by Crippen LogP contribution is -2.14. The fourth-order valence-corrected chi connectivity index (χ4v) is 2.56. The maximum absolute atomic E-state index is 11.1. The highest BCUT2D eigenvalue weighted by atomic mass is 32.2. The number of anilines is 1. The molecule has 2 N–H and O–H groups in total. The van der Waals surface area contributed by atoms with Gasteiger partial charge in [-0.1, -0.05) is 12.1 Å². The Morgan fingerprint density at radius 1 is 1.44 bits per heavy atom. The fraction of sp³-hybridized carbons (Fsp3) is 0.455. The first-order chi connectivity index (χ1) is 7.54. The van der Waals surface area contributed by atoms with E-state index in [-0.39, 0.29) is 0 Å². The fourth-order valence-electron chi connectivity index (χ4n) is 2.00. The minimum atomic E-state index is -3.19. The predicted molar refractivity (Wildman–Crippen MR) is 64.9 cm³/mol. The molecule has 5 heteroatoms. The molecule has 1 aromatic carbocycles. The summed E-state index contributed by atoms with van der Waals surface area (Å²) in [5.41, 5.74) is 1.78. The third-order valence-corrected chi connectivity index (χ3v) is 3.26. The molecular weight excluding hydrogens is 224 g/mol. The molecule has 1 saturated heterocycles. The first-order valence-electron chi connectivity index (χ1n) is 5.36. The molecule has 0 aliphatic carbocycles. The Bertz CT molecular complexity index is 465. The highest BCUT2D eigenvalue weighted by Gasteiger charge is 2.16. The summed E-state index contributed by atoms with van der Waals surface area (Å²) in [6.45, 7) is 1.04. The molecule has 16 heavy (non-hydrogen) atoms. The van der Waals surface area contributed by atoms with Crippen molar-refractivity contribution < 1.29 is 8.42 Å². The first kappa shape index (κ1) is 11.4. The van der Waals surface area contributed by atoms with Crippen molar-refractivity contribution in [1.82, 2.24) is 5.32 Å². The lowest BCUT2D eigenvalue weighted by molar-refractivity contribution is 0.606. The molecule has 0 bridgehead atoms. The van der Waals surface area contributed by atoms with Crippen LogP contribution in [-0.2, 0) is 10.0 Å². The number of hydrogen-bond donors (Lipinski definition) is 2. The second-order valence-electron chi connectivity index (χ2n) is 4.15. The molecule has 1 aliphatic heterocycles. The summed E-state index contributed by atoms with van der Waals surface area (Å²) in [6, 6.07) is 7.92. The van der Waals surface area contributed by atoms with E-state index in [2.05, 4.69) is 10.0 Å². The normalized spacial score (nSPS) is 20.9. The van der Waals surface area contributed by atoms with Gasteiger partial charge >= 0.3 is 0 Å². The number of sulfonamides is 1. The zero-order valence-corrected chi connectivity index (χ0v) is 10.0. The molecule has 0 radical (unpaired) electrons. The van der Waals surface area contributed by atoms with E-state index in [9.17, 15) is 8.42 Å². The Balaban J connectivity index is 2.19. The van der Waals surface area contributed by atoms with Crippen LogP contribution in [0.1, 0.15) is 24.4 Å². The molecule has 0 aromatic heterocycles. The van der Waals surface area contributed by atoms with Gasteiger partial charge in [-0.3, -0.25) is 4.72 Å². The molecule has 1 unspecified atom stereocenters. The Morgan fingerprint density at radius 2 is 2.25 bits per heavy atom. The van der Waals surface area contributed by atoms with Crippen molar-refractivity contribution in [2.45, 2.75) is 18.9 Å². The van der Waals surface area contributed by atoms with Gasteiger partial charge in [0.05, 0.1) is 6.26 Å². The lowest BCUT2D eigenvalue weighted by Gasteiger charge is -2.12. The summed E-state index contributed by atoms with van der Waals surface area (Å²) in [5, 5.41) is 3.39. The van der Waals surface area contributed by atoms with Gasteiger partial charge in [0.1, 0.15) is 0 Å². The molecule has 1 fully saturated rings. The third kappa shape index (κ3) is 2.96. The van der Waals surface area contributed by atoms with Crippen LogP contribution < -0.4 is 10.0 Å². The van der Waals surface area contributed by atoms with Crippen LogP contribution in [0.15, 0.2) is 24.3 Å². The molecular formula is C11H16N2O2S. The molecule has 1 heterocycles. The van der Waals surface area contributed by atoms with Crippen molar-refractivity contribution in [2.24, 2.45) is 0 Å². The molecule has 88 valence electrons. The molecule has 1 aliphatic rings. The Kier molecular flexibility index (Phi) is 3.16. The molecule has 0 saturated carbocycles. The topological polar surface area (TPSA) is 58.2 Å². The smallest absolute Gasteiger partial charge is 0.229 e. The van der Waals surface area contributed by atoms with Crippen molar-refractivity contribution in [1.29, 1.82) is 0 Å². The monoisotopic (exact) mass is 240 g/mol. The SMILES string of the molecule is CS(=O)(=O)Nc1cccc(C2CCCN2)c1. The van der Waals surface area contributed by atoms with Crippen LogP contribution in [0.2, 0.25) is 0 Å². The minimum Gasteiger partial charge on any atom is -0.310 e. The molecule has 1 atom stereocenters. The number of rotatable bonds is 3. The van der Waals surface area contributed by atoms with E-state index in [1.54, 1.807) is 6.07 Å². The average Bonchev–Trinajstić information content (AvgIpc) is 2.68. The summed E-state index contributed by atoms with van der Waals surface area (Å²) >= 11 is 0. The van der Waals surface area contributed by atoms with Crippen LogP contribution in [0.25, 0.3) is 0 Å². The summed E-state index contributed by atoms with van der Waals surface area (Å²) in [5.74, 6) is 0. The van der Waals surface area contributed by atoms with Gasteiger partial charge in [0.15, 0.2) is 0 Å². The maximum atomic E-state index is 11.1. The number of benzene rings is 1. The lowest BCUT2D eigenvalue weighted by atomic mass is 10.1. The average molecular weight is 240 g/mol. The molecule has 0 amide bonds. The third-order valence-electron chi connectivity index (χ3n) is 2.65. The van der Waals surface area contributed by atoms with Crippen LogP contribution in [0.4, 0.5) is 5.69 Å². The molecule has 1 aromatic rings. The van der Waals surface area contributed by atoms with Crippen LogP contribution in [0, 0.1) is 0 Å². The molecule has 2 rings (SSSR count). The van der Waals surface area contributed by atoms with Crippen LogP contribution >= 0.6 is 0 Å². The quantitative estimate of drug-likeness (QED) is 0.841. The van der Waals surface area contributed by atoms with E-state index in [4.69, 9.17) is 0 Å². The Hall–Kier alpha value is -1.07. The van der Waals surface area contributed by atoms with Gasteiger partial charge in [0.25, 0.3) is 0 Å². The van der Waals surface area contributed by atoms with E-state index in [0.717, 1.165) is 24.8 Å². The molecule has 4 nitrogen and oxygen atoms in total. The van der Waals surface area contributed by atoms with E-state index < -0.39 is 10.0 Å². The standard InChI is InChI=1S/C11H16N2O2S/c1-16(14,15)13-10-5-2-4-9(8-10)11-6-3-7-12-11/h2,4-5,8,11-13H,3,6-7H2,1H3. The Labute approximate surface area is 96.1 Å². The van der Waals surface area contributed by atoms with Gasteiger partial charge in [-0.15, -0.1) is 0 Å². The Morgan fingerprint density at radius 3 is 2.88 bits per heavy atom. The van der Waals surface area contributed by atoms with Gasteiger partial charge in [0, 0.05) is 11.7 Å². The van der Waals surface area contributed by atoms with Crippen molar-refractivity contribution in [3.63, 3.8) is 0 Å². The van der Waals surface area contributed by atoms with Crippen LogP contribution in [0.3, 0.4) is 0 Å². The van der Waals surface area contributed by atoms with Gasteiger partial charge in [0.2, 0.25) is 10.0 Å². The van der Waals surface area contributed by atoms with Crippen molar-refractivity contribution >= 4 is 15.7 Å². The largest absolute Gasteiger partial charge is 0.310 e. The number of nitrogens with one attached hydrogen (secondary N) is 2. The highest BCUT2D eigenvalue weighted by Crippen LogP contribution is 2.25. The number of hydrogen-bond acceptors (Lipinski definition) is 3. The minimum absolute atomic E-state index is 0.362. The van der Waals surface area contributed by atoms with Gasteiger partial charge < -0.3 is 5.32 Å². The van der Waals surface area contributed by atoms with Crippen molar-refractivity contribution in [3.05, 3.63) is 29.8 Å². The highest BCUT2D eigenvalue weighted by molar-refractivity contribution is 7.92. The van der Waals surface area contributed by atoms with Gasteiger partial charge in [-0.25, -0.2) is 8.42 Å². The van der Waals surface area contributed by atoms with Gasteiger partial charge in [-0.05, 0) is 37.1 Å². The maximum Gasteiger partial charge on any atom is 0.229 e. The van der Waals surface area contributed by atoms with E-state index in [0.29, 0.717) is 11.7 Å².